The molecule has 1 aromatic carbocycles. The normalized spacial score (nSPS) is 18.4. The Bertz CT molecular complexity index is 921. The number of benzene rings is 1. The van der Waals surface area contributed by atoms with E-state index < -0.39 is 10.0 Å². The van der Waals surface area contributed by atoms with Crippen molar-refractivity contribution < 1.29 is 13.2 Å². The summed E-state index contributed by atoms with van der Waals surface area (Å²) in [7, 11) is -3.38. The van der Waals surface area contributed by atoms with Gasteiger partial charge in [-0.2, -0.15) is 4.31 Å². The van der Waals surface area contributed by atoms with E-state index in [0.29, 0.717) is 37.4 Å². The Morgan fingerprint density at radius 1 is 1.11 bits per heavy atom. The van der Waals surface area contributed by atoms with Gasteiger partial charge in [0.25, 0.3) is 0 Å². The fourth-order valence-electron chi connectivity index (χ4n) is 3.14. The van der Waals surface area contributed by atoms with Crippen LogP contribution in [0.2, 0.25) is 0 Å². The molecular weight excluding hydrogens is 400 g/mol. The molecule has 0 bridgehead atoms. The maximum atomic E-state index is 12.6. The maximum absolute atomic E-state index is 12.6. The van der Waals surface area contributed by atoms with Gasteiger partial charge in [0.2, 0.25) is 21.1 Å². The molecular formula is C17H22N6O3S2. The number of hydrogen-bond acceptors (Lipinski definition) is 7. The van der Waals surface area contributed by atoms with Gasteiger partial charge in [-0.25, -0.2) is 13.1 Å². The molecule has 1 aromatic heterocycles. The molecule has 0 radical (unpaired) electrons. The van der Waals surface area contributed by atoms with Crippen LogP contribution < -0.4 is 0 Å². The molecule has 0 spiro atoms. The number of tetrazole rings is 1. The zero-order chi connectivity index (χ0) is 19.6. The lowest BCUT2D eigenvalue weighted by Crippen LogP contribution is -2.51. The first-order valence-electron chi connectivity index (χ1n) is 9.23. The van der Waals surface area contributed by atoms with Gasteiger partial charge in [-0.1, -0.05) is 42.1 Å². The van der Waals surface area contributed by atoms with Crippen molar-refractivity contribution in [2.45, 2.75) is 29.8 Å². The molecule has 0 atom stereocenters. The van der Waals surface area contributed by atoms with Crippen molar-refractivity contribution in [2.75, 3.05) is 31.9 Å². The Kier molecular flexibility index (Phi) is 5.65. The molecule has 11 heteroatoms. The fraction of sp³-hybridized carbons (Fsp3) is 0.529. The first-order chi connectivity index (χ1) is 13.5. The summed E-state index contributed by atoms with van der Waals surface area (Å²) in [6.45, 7) is 1.46. The van der Waals surface area contributed by atoms with E-state index in [4.69, 9.17) is 0 Å². The molecule has 0 N–H and O–H groups in total. The molecule has 9 nitrogen and oxygen atoms in total. The van der Waals surface area contributed by atoms with Crippen molar-refractivity contribution in [1.29, 1.82) is 0 Å². The first-order valence-corrected chi connectivity index (χ1v) is 11.8. The second kappa shape index (κ2) is 8.18. The predicted molar refractivity (Wildman–Crippen MR) is 104 cm³/mol. The minimum Gasteiger partial charge on any atom is -0.339 e. The van der Waals surface area contributed by atoms with Crippen LogP contribution in [0.15, 0.2) is 35.5 Å². The topological polar surface area (TPSA) is 101 Å². The van der Waals surface area contributed by atoms with Crippen molar-refractivity contribution in [3.63, 3.8) is 0 Å². The Balaban J connectivity index is 1.27. The van der Waals surface area contributed by atoms with E-state index >= 15 is 0 Å². The minimum absolute atomic E-state index is 0.0124. The van der Waals surface area contributed by atoms with Crippen LogP contribution in [-0.4, -0.2) is 75.7 Å². The lowest BCUT2D eigenvalue weighted by molar-refractivity contribution is -0.129. The van der Waals surface area contributed by atoms with E-state index in [9.17, 15) is 13.2 Å². The zero-order valence-corrected chi connectivity index (χ0v) is 17.0. The number of rotatable bonds is 7. The molecule has 2 fully saturated rings. The minimum atomic E-state index is -3.38. The summed E-state index contributed by atoms with van der Waals surface area (Å²) >= 11 is 1.34. The molecule has 1 aliphatic heterocycles. The number of hydrogen-bond donors (Lipinski definition) is 0. The van der Waals surface area contributed by atoms with Crippen molar-refractivity contribution >= 4 is 27.7 Å². The molecule has 2 aliphatic rings. The highest BCUT2D eigenvalue weighted by atomic mass is 32.2. The van der Waals surface area contributed by atoms with E-state index in [0.717, 1.165) is 18.4 Å². The van der Waals surface area contributed by atoms with Crippen molar-refractivity contribution in [2.24, 2.45) is 0 Å². The van der Waals surface area contributed by atoms with Gasteiger partial charge in [0.1, 0.15) is 0 Å². The number of thioether (sulfide) groups is 1. The third-order valence-corrected chi connectivity index (χ3v) is 7.62. The Hall–Kier alpha value is -1.98. The van der Waals surface area contributed by atoms with Crippen molar-refractivity contribution in [1.82, 2.24) is 29.4 Å². The molecule has 1 aliphatic carbocycles. The number of carbonyl (C=O) groups is 1. The highest BCUT2D eigenvalue weighted by Gasteiger charge is 2.30. The molecule has 1 amide bonds. The van der Waals surface area contributed by atoms with Crippen LogP contribution in [0.4, 0.5) is 0 Å². The Morgan fingerprint density at radius 3 is 2.50 bits per heavy atom. The van der Waals surface area contributed by atoms with Crippen LogP contribution in [0.25, 0.3) is 0 Å². The summed E-state index contributed by atoms with van der Waals surface area (Å²) in [6.07, 6.45) is 2.15. The summed E-state index contributed by atoms with van der Waals surface area (Å²) in [6, 6.07) is 9.51. The second-order valence-electron chi connectivity index (χ2n) is 6.95. The zero-order valence-electron chi connectivity index (χ0n) is 15.3. The molecule has 150 valence electrons. The van der Waals surface area contributed by atoms with E-state index in [2.05, 4.69) is 15.5 Å². The SMILES string of the molecule is O=C(CSc1nnnn1C1CC1)N1CCN(S(=O)(=O)Cc2ccccc2)CC1. The highest BCUT2D eigenvalue weighted by molar-refractivity contribution is 7.99. The second-order valence-corrected chi connectivity index (χ2v) is 9.86. The molecule has 0 unspecified atom stereocenters. The average Bonchev–Trinajstić information content (AvgIpc) is 3.44. The lowest BCUT2D eigenvalue weighted by atomic mass is 10.2. The average molecular weight is 423 g/mol. The summed E-state index contributed by atoms with van der Waals surface area (Å²) in [5.74, 6) is 0.223. The van der Waals surface area contributed by atoms with Gasteiger partial charge in [-0.3, -0.25) is 4.79 Å². The summed E-state index contributed by atoms with van der Waals surface area (Å²) in [4.78, 5) is 14.2. The summed E-state index contributed by atoms with van der Waals surface area (Å²) in [5.41, 5.74) is 0.769. The van der Waals surface area contributed by atoms with Gasteiger partial charge in [-0.05, 0) is 28.8 Å². The van der Waals surface area contributed by atoms with Crippen LogP contribution in [0.5, 0.6) is 0 Å². The monoisotopic (exact) mass is 422 g/mol. The summed E-state index contributed by atoms with van der Waals surface area (Å²) in [5, 5.41) is 12.3. The number of aromatic nitrogens is 4. The van der Waals surface area contributed by atoms with Crippen LogP contribution in [-0.2, 0) is 20.6 Å². The molecule has 1 saturated heterocycles. The van der Waals surface area contributed by atoms with E-state index in [1.165, 1.54) is 16.1 Å². The molecule has 28 heavy (non-hydrogen) atoms. The van der Waals surface area contributed by atoms with E-state index in [1.54, 1.807) is 9.58 Å². The highest BCUT2D eigenvalue weighted by Crippen LogP contribution is 2.36. The largest absolute Gasteiger partial charge is 0.339 e. The van der Waals surface area contributed by atoms with Gasteiger partial charge in [0, 0.05) is 26.2 Å². The third-order valence-electron chi connectivity index (χ3n) is 4.86. The number of amides is 1. The fourth-order valence-corrected chi connectivity index (χ4v) is 5.50. The van der Waals surface area contributed by atoms with Crippen LogP contribution >= 0.6 is 11.8 Å². The predicted octanol–water partition coefficient (Wildman–Crippen LogP) is 0.774. The van der Waals surface area contributed by atoms with Crippen molar-refractivity contribution in [3.8, 4) is 0 Å². The van der Waals surface area contributed by atoms with Crippen LogP contribution in [0.3, 0.4) is 0 Å². The number of nitrogens with zero attached hydrogens (tertiary/aromatic N) is 6. The third kappa shape index (κ3) is 4.53. The van der Waals surface area contributed by atoms with Gasteiger partial charge in [0.15, 0.2) is 0 Å². The first kappa shape index (κ1) is 19.3. The summed E-state index contributed by atoms with van der Waals surface area (Å²) < 4.78 is 28.5. The molecule has 2 aromatic rings. The van der Waals surface area contributed by atoms with Gasteiger partial charge in [0.05, 0.1) is 17.5 Å². The van der Waals surface area contributed by atoms with E-state index in [-0.39, 0.29) is 17.4 Å². The van der Waals surface area contributed by atoms with E-state index in [1.807, 2.05) is 30.3 Å². The quantitative estimate of drug-likeness (QED) is 0.608. The van der Waals surface area contributed by atoms with Crippen molar-refractivity contribution in [3.05, 3.63) is 35.9 Å². The van der Waals surface area contributed by atoms with Gasteiger partial charge < -0.3 is 4.90 Å². The molecule has 2 heterocycles. The lowest BCUT2D eigenvalue weighted by Gasteiger charge is -2.34. The van der Waals surface area contributed by atoms with Gasteiger partial charge in [-0.15, -0.1) is 5.10 Å². The smallest absolute Gasteiger partial charge is 0.233 e. The number of carbonyl (C=O) groups excluding carboxylic acids is 1. The molecule has 1 saturated carbocycles. The molecule has 4 rings (SSSR count). The number of piperazine rings is 1. The van der Waals surface area contributed by atoms with Gasteiger partial charge >= 0.3 is 0 Å². The standard InChI is InChI=1S/C17H22N6O3S2/c24-16(12-27-17-18-19-20-23(17)15-6-7-15)21-8-10-22(11-9-21)28(25,26)13-14-4-2-1-3-5-14/h1-5,15H,6-13H2. The maximum Gasteiger partial charge on any atom is 0.233 e. The Labute approximate surface area is 168 Å². The van der Waals surface area contributed by atoms with Crippen LogP contribution in [0.1, 0.15) is 24.4 Å². The van der Waals surface area contributed by atoms with Crippen LogP contribution in [0, 0.1) is 0 Å². The number of sulfonamides is 1. The Morgan fingerprint density at radius 2 is 1.82 bits per heavy atom.